The Kier molecular flexibility index (Phi) is 5.76. The van der Waals surface area contributed by atoms with E-state index >= 15 is 0 Å². The number of carbonyl (C=O) groups is 2. The van der Waals surface area contributed by atoms with Crippen LogP contribution in [-0.2, 0) is 15.7 Å². The number of carbonyl (C=O) groups excluding carboxylic acids is 2. The number of hydrogen-bond acceptors (Lipinski definition) is 4. The standard InChI is InChI=1S/C20H20F3NO4/c1-13-5-2-3-10-24(13)18(25)12-27-19(26)17-9-8-16(28-17)14-6-4-7-15(11-14)20(21,22)23/h4,6-9,11,13H,2-3,5,10,12H2,1H3/t13-/m1/s1. The molecule has 0 N–H and O–H groups in total. The molecule has 0 spiro atoms. The number of furan rings is 1. The van der Waals surface area contributed by atoms with Crippen LogP contribution in [-0.4, -0.2) is 36.0 Å². The molecule has 1 aromatic carbocycles. The predicted molar refractivity (Wildman–Crippen MR) is 94.5 cm³/mol. The van der Waals surface area contributed by atoms with Gasteiger partial charge in [-0.1, -0.05) is 12.1 Å². The van der Waals surface area contributed by atoms with Crippen LogP contribution < -0.4 is 0 Å². The van der Waals surface area contributed by atoms with Gasteiger partial charge in [0, 0.05) is 18.2 Å². The van der Waals surface area contributed by atoms with Crippen LogP contribution in [0.4, 0.5) is 13.2 Å². The molecule has 28 heavy (non-hydrogen) atoms. The molecule has 8 heteroatoms. The first-order valence-corrected chi connectivity index (χ1v) is 9.00. The van der Waals surface area contributed by atoms with Gasteiger partial charge in [0.05, 0.1) is 5.56 Å². The van der Waals surface area contributed by atoms with Crippen molar-refractivity contribution in [2.75, 3.05) is 13.2 Å². The van der Waals surface area contributed by atoms with Crippen LogP contribution >= 0.6 is 0 Å². The number of piperidine rings is 1. The van der Waals surface area contributed by atoms with Crippen LogP contribution in [0.2, 0.25) is 0 Å². The van der Waals surface area contributed by atoms with Gasteiger partial charge in [0.15, 0.2) is 6.61 Å². The molecule has 1 aliphatic rings. The van der Waals surface area contributed by atoms with Gasteiger partial charge in [-0.15, -0.1) is 0 Å². The van der Waals surface area contributed by atoms with Crippen molar-refractivity contribution in [3.63, 3.8) is 0 Å². The van der Waals surface area contributed by atoms with Crippen molar-refractivity contribution in [1.82, 2.24) is 4.90 Å². The van der Waals surface area contributed by atoms with Crippen LogP contribution in [0.15, 0.2) is 40.8 Å². The molecule has 150 valence electrons. The summed E-state index contributed by atoms with van der Waals surface area (Å²) in [5.41, 5.74) is -0.626. The van der Waals surface area contributed by atoms with Crippen LogP contribution in [0.5, 0.6) is 0 Å². The summed E-state index contributed by atoms with van der Waals surface area (Å²) in [5.74, 6) is -1.18. The van der Waals surface area contributed by atoms with E-state index in [0.717, 1.165) is 31.4 Å². The zero-order chi connectivity index (χ0) is 20.3. The molecule has 2 aromatic rings. The number of alkyl halides is 3. The number of halogens is 3. The number of benzene rings is 1. The molecule has 3 rings (SSSR count). The van der Waals surface area contributed by atoms with E-state index in [2.05, 4.69) is 0 Å². The number of hydrogen-bond donors (Lipinski definition) is 0. The Hall–Kier alpha value is -2.77. The highest BCUT2D eigenvalue weighted by Gasteiger charge is 2.31. The Morgan fingerprint density at radius 1 is 1.21 bits per heavy atom. The molecule has 1 saturated heterocycles. The van der Waals surface area contributed by atoms with Crippen molar-refractivity contribution in [3.05, 3.63) is 47.7 Å². The highest BCUT2D eigenvalue weighted by molar-refractivity contribution is 5.89. The highest BCUT2D eigenvalue weighted by atomic mass is 19.4. The van der Waals surface area contributed by atoms with Gasteiger partial charge in [0.1, 0.15) is 5.76 Å². The number of esters is 1. The summed E-state index contributed by atoms with van der Waals surface area (Å²) in [6, 6.07) is 7.41. The Morgan fingerprint density at radius 3 is 2.71 bits per heavy atom. The number of likely N-dealkylation sites (tertiary alicyclic amines) is 1. The zero-order valence-electron chi connectivity index (χ0n) is 15.3. The molecule has 1 fully saturated rings. The molecule has 0 unspecified atom stereocenters. The number of ether oxygens (including phenoxy) is 1. The largest absolute Gasteiger partial charge is 0.450 e. The van der Waals surface area contributed by atoms with Crippen molar-refractivity contribution in [1.29, 1.82) is 0 Å². The quantitative estimate of drug-likeness (QED) is 0.714. The van der Waals surface area contributed by atoms with E-state index in [0.29, 0.717) is 6.54 Å². The van der Waals surface area contributed by atoms with Gasteiger partial charge in [-0.2, -0.15) is 13.2 Å². The molecule has 1 amide bonds. The summed E-state index contributed by atoms with van der Waals surface area (Å²) in [5, 5.41) is 0. The SMILES string of the molecule is C[C@@H]1CCCCN1C(=O)COC(=O)c1ccc(-c2cccc(C(F)(F)F)c2)o1. The van der Waals surface area contributed by atoms with Gasteiger partial charge >= 0.3 is 12.1 Å². The predicted octanol–water partition coefficient (Wildman–Crippen LogP) is 4.52. The number of amides is 1. The molecule has 2 heterocycles. The van der Waals surface area contributed by atoms with E-state index in [-0.39, 0.29) is 29.0 Å². The molecule has 0 bridgehead atoms. The Bertz CT molecular complexity index is 859. The van der Waals surface area contributed by atoms with E-state index in [1.165, 1.54) is 24.3 Å². The summed E-state index contributed by atoms with van der Waals surface area (Å²) in [7, 11) is 0. The molecule has 1 atom stereocenters. The summed E-state index contributed by atoms with van der Waals surface area (Å²) >= 11 is 0. The maximum absolute atomic E-state index is 12.8. The molecule has 1 aliphatic heterocycles. The summed E-state index contributed by atoms with van der Waals surface area (Å²) in [6.07, 6.45) is -1.58. The van der Waals surface area contributed by atoms with Gasteiger partial charge in [-0.3, -0.25) is 4.79 Å². The lowest BCUT2D eigenvalue weighted by Crippen LogP contribution is -2.44. The number of nitrogens with zero attached hydrogens (tertiary/aromatic N) is 1. The maximum atomic E-state index is 12.8. The average Bonchev–Trinajstić information content (AvgIpc) is 3.16. The van der Waals surface area contributed by atoms with Crippen molar-refractivity contribution < 1.29 is 31.9 Å². The Labute approximate surface area is 160 Å². The third kappa shape index (κ3) is 4.55. The van der Waals surface area contributed by atoms with Gasteiger partial charge in [0.2, 0.25) is 5.76 Å². The molecule has 5 nitrogen and oxygen atoms in total. The first kappa shape index (κ1) is 20.0. The average molecular weight is 395 g/mol. The van der Waals surface area contributed by atoms with Crippen LogP contribution in [0.25, 0.3) is 11.3 Å². The fourth-order valence-corrected chi connectivity index (χ4v) is 3.20. The summed E-state index contributed by atoms with van der Waals surface area (Å²) < 4.78 is 48.8. The normalized spacial score (nSPS) is 17.4. The smallest absolute Gasteiger partial charge is 0.416 e. The molecule has 0 saturated carbocycles. The first-order valence-electron chi connectivity index (χ1n) is 9.00. The Balaban J connectivity index is 1.64. The summed E-state index contributed by atoms with van der Waals surface area (Å²) in [6.45, 7) is 2.19. The summed E-state index contributed by atoms with van der Waals surface area (Å²) in [4.78, 5) is 26.0. The lowest BCUT2D eigenvalue weighted by Gasteiger charge is -2.33. The second kappa shape index (κ2) is 8.08. The Morgan fingerprint density at radius 2 is 2.00 bits per heavy atom. The van der Waals surface area contributed by atoms with Crippen LogP contribution in [0.3, 0.4) is 0 Å². The molecular formula is C20H20F3NO4. The monoisotopic (exact) mass is 395 g/mol. The molecule has 0 aliphatic carbocycles. The molecule has 0 radical (unpaired) electrons. The van der Waals surface area contributed by atoms with Crippen molar-refractivity contribution in [2.45, 2.75) is 38.4 Å². The van der Waals surface area contributed by atoms with Crippen LogP contribution in [0, 0.1) is 0 Å². The minimum Gasteiger partial charge on any atom is -0.450 e. The minimum absolute atomic E-state index is 0.106. The zero-order valence-corrected chi connectivity index (χ0v) is 15.3. The number of rotatable bonds is 4. The molecular weight excluding hydrogens is 375 g/mol. The second-order valence-electron chi connectivity index (χ2n) is 6.75. The van der Waals surface area contributed by atoms with Crippen molar-refractivity contribution in [2.24, 2.45) is 0 Å². The van der Waals surface area contributed by atoms with E-state index in [9.17, 15) is 22.8 Å². The van der Waals surface area contributed by atoms with Crippen LogP contribution in [0.1, 0.15) is 42.3 Å². The van der Waals surface area contributed by atoms with Crippen molar-refractivity contribution in [3.8, 4) is 11.3 Å². The van der Waals surface area contributed by atoms with E-state index < -0.39 is 24.3 Å². The lowest BCUT2D eigenvalue weighted by molar-refractivity contribution is -0.138. The van der Waals surface area contributed by atoms with Gasteiger partial charge in [-0.25, -0.2) is 4.79 Å². The minimum atomic E-state index is -4.48. The topological polar surface area (TPSA) is 59.8 Å². The first-order chi connectivity index (χ1) is 13.3. The van der Waals surface area contributed by atoms with E-state index in [4.69, 9.17) is 9.15 Å². The third-order valence-electron chi connectivity index (χ3n) is 4.73. The fraction of sp³-hybridized carbons (Fsp3) is 0.400. The maximum Gasteiger partial charge on any atom is 0.416 e. The lowest BCUT2D eigenvalue weighted by atomic mass is 10.0. The van der Waals surface area contributed by atoms with E-state index in [1.54, 1.807) is 4.90 Å². The second-order valence-corrected chi connectivity index (χ2v) is 6.75. The van der Waals surface area contributed by atoms with Gasteiger partial charge in [0.25, 0.3) is 5.91 Å². The van der Waals surface area contributed by atoms with Gasteiger partial charge in [-0.05, 0) is 50.5 Å². The molecule has 1 aromatic heterocycles. The van der Waals surface area contributed by atoms with E-state index in [1.807, 2.05) is 6.92 Å². The van der Waals surface area contributed by atoms with Gasteiger partial charge < -0.3 is 14.1 Å². The van der Waals surface area contributed by atoms with Crippen molar-refractivity contribution >= 4 is 11.9 Å². The fourth-order valence-electron chi connectivity index (χ4n) is 3.20. The third-order valence-corrected chi connectivity index (χ3v) is 4.73. The highest BCUT2D eigenvalue weighted by Crippen LogP contribution is 2.32.